The summed E-state index contributed by atoms with van der Waals surface area (Å²) < 4.78 is 17.9. The van der Waals surface area contributed by atoms with E-state index in [0.29, 0.717) is 30.1 Å². The molecule has 0 saturated heterocycles. The van der Waals surface area contributed by atoms with Crippen molar-refractivity contribution in [2.75, 3.05) is 13.7 Å². The third kappa shape index (κ3) is 8.77. The summed E-state index contributed by atoms with van der Waals surface area (Å²) in [6.45, 7) is 8.05. The van der Waals surface area contributed by atoms with Crippen molar-refractivity contribution in [1.82, 2.24) is 5.32 Å². The van der Waals surface area contributed by atoms with Crippen LogP contribution in [0.1, 0.15) is 53.4 Å². The van der Waals surface area contributed by atoms with Gasteiger partial charge in [-0.25, -0.2) is 4.79 Å². The minimum absolute atomic E-state index is 0.176. The number of alkyl carbamates (subject to hydrolysis) is 1. The average molecular weight is 581 g/mol. The van der Waals surface area contributed by atoms with E-state index in [2.05, 4.69) is 21.2 Å². The van der Waals surface area contributed by atoms with E-state index in [0.717, 1.165) is 26.7 Å². The Morgan fingerprint density at radius 2 is 1.74 bits per heavy atom. The fraction of sp³-hybridized carbons (Fsp3) is 0.290. The quantitative estimate of drug-likeness (QED) is 0.201. The van der Waals surface area contributed by atoms with Crippen LogP contribution in [0.5, 0.6) is 11.5 Å². The summed E-state index contributed by atoms with van der Waals surface area (Å²) in [7, 11) is 1.55. The third-order valence-electron chi connectivity index (χ3n) is 5.61. The standard InChI is InChI=1S/C31H34BrNO5/c1-21-11-13-25(32)17-23(21)12-14-27(34)26-19-28(36-5)29(37-20-22-9-7-6-8-10-22)18-24(26)15-16-33-30(35)38-31(2,3)4/h6-14,17-19H,15-16,20H2,1-5H3,(H,33,35)/b14-12+. The van der Waals surface area contributed by atoms with Gasteiger partial charge in [0.2, 0.25) is 0 Å². The van der Waals surface area contributed by atoms with Gasteiger partial charge in [-0.05, 0) is 86.7 Å². The Morgan fingerprint density at radius 3 is 2.42 bits per heavy atom. The molecule has 200 valence electrons. The molecular weight excluding hydrogens is 546 g/mol. The Hall–Kier alpha value is -3.58. The van der Waals surface area contributed by atoms with E-state index >= 15 is 0 Å². The largest absolute Gasteiger partial charge is 0.493 e. The number of ketones is 1. The zero-order chi connectivity index (χ0) is 27.7. The zero-order valence-corrected chi connectivity index (χ0v) is 24.1. The van der Waals surface area contributed by atoms with Gasteiger partial charge in [-0.1, -0.05) is 58.4 Å². The van der Waals surface area contributed by atoms with Crippen LogP contribution in [0.2, 0.25) is 0 Å². The number of rotatable bonds is 10. The van der Waals surface area contributed by atoms with Crippen molar-refractivity contribution in [3.63, 3.8) is 0 Å². The molecule has 0 heterocycles. The van der Waals surface area contributed by atoms with Gasteiger partial charge in [0.05, 0.1) is 7.11 Å². The first-order chi connectivity index (χ1) is 18.1. The zero-order valence-electron chi connectivity index (χ0n) is 22.5. The number of methoxy groups -OCH3 is 1. The Bertz CT molecular complexity index is 1300. The number of allylic oxidation sites excluding steroid dienone is 1. The molecule has 0 aliphatic heterocycles. The van der Waals surface area contributed by atoms with Crippen molar-refractivity contribution in [3.8, 4) is 11.5 Å². The molecule has 0 atom stereocenters. The lowest BCUT2D eigenvalue weighted by molar-refractivity contribution is 0.0528. The minimum Gasteiger partial charge on any atom is -0.493 e. The molecule has 3 rings (SSSR count). The monoisotopic (exact) mass is 579 g/mol. The summed E-state index contributed by atoms with van der Waals surface area (Å²) in [5.74, 6) is 0.803. The number of halogens is 1. The van der Waals surface area contributed by atoms with Gasteiger partial charge in [-0.3, -0.25) is 4.79 Å². The highest BCUT2D eigenvalue weighted by Crippen LogP contribution is 2.32. The van der Waals surface area contributed by atoms with Gasteiger partial charge >= 0.3 is 6.09 Å². The molecule has 0 aliphatic rings. The topological polar surface area (TPSA) is 73.9 Å². The highest BCUT2D eigenvalue weighted by Gasteiger charge is 2.18. The molecule has 0 radical (unpaired) electrons. The number of amides is 1. The number of ether oxygens (including phenoxy) is 3. The van der Waals surface area contributed by atoms with Gasteiger partial charge in [0.15, 0.2) is 17.3 Å². The predicted octanol–water partition coefficient (Wildman–Crippen LogP) is 7.31. The molecule has 0 unspecified atom stereocenters. The van der Waals surface area contributed by atoms with E-state index < -0.39 is 11.7 Å². The molecule has 0 aliphatic carbocycles. The fourth-order valence-corrected chi connectivity index (χ4v) is 4.08. The second kappa shape index (κ2) is 13.3. The number of benzene rings is 3. The summed E-state index contributed by atoms with van der Waals surface area (Å²) in [6.07, 6.45) is 3.25. The number of hydrogen-bond donors (Lipinski definition) is 1. The lowest BCUT2D eigenvalue weighted by atomic mass is 9.98. The summed E-state index contributed by atoms with van der Waals surface area (Å²) in [5.41, 5.74) is 3.61. The molecule has 0 spiro atoms. The van der Waals surface area contributed by atoms with Crippen molar-refractivity contribution in [1.29, 1.82) is 0 Å². The van der Waals surface area contributed by atoms with Crippen LogP contribution in [0, 0.1) is 6.92 Å². The molecule has 0 aromatic heterocycles. The number of nitrogens with one attached hydrogen (secondary N) is 1. The summed E-state index contributed by atoms with van der Waals surface area (Å²) in [6, 6.07) is 19.2. The molecule has 0 fully saturated rings. The molecule has 3 aromatic carbocycles. The Balaban J connectivity index is 1.88. The molecule has 38 heavy (non-hydrogen) atoms. The maximum Gasteiger partial charge on any atom is 0.407 e. The summed E-state index contributed by atoms with van der Waals surface area (Å²) in [4.78, 5) is 25.5. The van der Waals surface area contributed by atoms with Gasteiger partial charge in [-0.15, -0.1) is 0 Å². The van der Waals surface area contributed by atoms with E-state index in [1.54, 1.807) is 25.3 Å². The SMILES string of the molecule is COc1cc(C(=O)/C=C/c2cc(Br)ccc2C)c(CCNC(=O)OC(C)(C)C)cc1OCc1ccccc1. The first kappa shape index (κ1) is 29.0. The number of carbonyl (C=O) groups excluding carboxylic acids is 2. The van der Waals surface area contributed by atoms with Crippen molar-refractivity contribution >= 4 is 33.9 Å². The van der Waals surface area contributed by atoms with E-state index in [1.807, 2.05) is 82.3 Å². The first-order valence-electron chi connectivity index (χ1n) is 12.4. The average Bonchev–Trinajstić information content (AvgIpc) is 2.87. The Labute approximate surface area is 233 Å². The van der Waals surface area contributed by atoms with Gasteiger partial charge in [-0.2, -0.15) is 0 Å². The fourth-order valence-electron chi connectivity index (χ4n) is 3.71. The number of hydrogen-bond acceptors (Lipinski definition) is 5. The van der Waals surface area contributed by atoms with Gasteiger partial charge < -0.3 is 19.5 Å². The molecule has 1 N–H and O–H groups in total. The van der Waals surface area contributed by atoms with E-state index in [9.17, 15) is 9.59 Å². The van der Waals surface area contributed by atoms with Gasteiger partial charge in [0.1, 0.15) is 12.2 Å². The molecule has 0 bridgehead atoms. The minimum atomic E-state index is -0.598. The Kier molecular flexibility index (Phi) is 10.1. The van der Waals surface area contributed by atoms with Gasteiger partial charge in [0.25, 0.3) is 0 Å². The summed E-state index contributed by atoms with van der Waals surface area (Å²) >= 11 is 3.48. The third-order valence-corrected chi connectivity index (χ3v) is 6.10. The van der Waals surface area contributed by atoms with Crippen LogP contribution < -0.4 is 14.8 Å². The molecule has 3 aromatic rings. The lowest BCUT2D eigenvalue weighted by Crippen LogP contribution is -2.33. The predicted molar refractivity (Wildman–Crippen MR) is 154 cm³/mol. The van der Waals surface area contributed by atoms with Crippen molar-refractivity contribution in [3.05, 3.63) is 99.0 Å². The Morgan fingerprint density at radius 1 is 1.00 bits per heavy atom. The number of aryl methyl sites for hydroxylation is 1. The van der Waals surface area contributed by atoms with Crippen LogP contribution in [0.4, 0.5) is 4.79 Å². The molecule has 0 saturated carbocycles. The second-order valence-electron chi connectivity index (χ2n) is 9.81. The molecule has 7 heteroatoms. The van der Waals surface area contributed by atoms with Crippen molar-refractivity contribution in [2.45, 2.75) is 46.3 Å². The van der Waals surface area contributed by atoms with Crippen LogP contribution in [0.25, 0.3) is 6.08 Å². The van der Waals surface area contributed by atoms with Crippen LogP contribution in [0.15, 0.2) is 71.2 Å². The highest BCUT2D eigenvalue weighted by molar-refractivity contribution is 9.10. The lowest BCUT2D eigenvalue weighted by Gasteiger charge is -2.20. The smallest absolute Gasteiger partial charge is 0.407 e. The molecule has 6 nitrogen and oxygen atoms in total. The maximum absolute atomic E-state index is 13.4. The molecule has 1 amide bonds. The van der Waals surface area contributed by atoms with Crippen LogP contribution in [0.3, 0.4) is 0 Å². The first-order valence-corrected chi connectivity index (χ1v) is 13.2. The van der Waals surface area contributed by atoms with E-state index in [1.165, 1.54) is 0 Å². The van der Waals surface area contributed by atoms with E-state index in [4.69, 9.17) is 14.2 Å². The van der Waals surface area contributed by atoms with Crippen LogP contribution in [-0.4, -0.2) is 31.1 Å². The second-order valence-corrected chi connectivity index (χ2v) is 10.7. The highest BCUT2D eigenvalue weighted by atomic mass is 79.9. The van der Waals surface area contributed by atoms with E-state index in [-0.39, 0.29) is 12.3 Å². The van der Waals surface area contributed by atoms with Gasteiger partial charge in [0, 0.05) is 16.6 Å². The van der Waals surface area contributed by atoms with Crippen molar-refractivity contribution in [2.24, 2.45) is 0 Å². The maximum atomic E-state index is 13.4. The normalized spacial score (nSPS) is 11.3. The summed E-state index contributed by atoms with van der Waals surface area (Å²) in [5, 5.41) is 2.76. The van der Waals surface area contributed by atoms with Crippen LogP contribution in [-0.2, 0) is 17.8 Å². The molecular formula is C31H34BrNO5. The van der Waals surface area contributed by atoms with Crippen LogP contribution >= 0.6 is 15.9 Å². The van der Waals surface area contributed by atoms with Crippen molar-refractivity contribution < 1.29 is 23.8 Å². The number of carbonyl (C=O) groups is 2.